The van der Waals surface area contributed by atoms with Crippen LogP contribution < -0.4 is 4.57 Å². The summed E-state index contributed by atoms with van der Waals surface area (Å²) in [4.78, 5) is 3.44. The predicted octanol–water partition coefficient (Wildman–Crippen LogP) is 4.81. The van der Waals surface area contributed by atoms with E-state index in [2.05, 4.69) is 17.0 Å². The number of hydrogen-bond acceptors (Lipinski definition) is 2. The molecule has 4 rings (SSSR count). The number of furan rings is 1. The summed E-state index contributed by atoms with van der Waals surface area (Å²) >= 11 is 0. The highest BCUT2D eigenvalue weighted by molar-refractivity contribution is 6.12. The molecule has 0 atom stereocenters. The predicted molar refractivity (Wildman–Crippen MR) is 96.0 cm³/mol. The van der Waals surface area contributed by atoms with E-state index < -0.39 is 0 Å². The molecule has 2 heterocycles. The summed E-state index contributed by atoms with van der Waals surface area (Å²) in [6.07, 6.45) is 1.99. The lowest BCUT2D eigenvalue weighted by Gasteiger charge is -2.04. The Morgan fingerprint density at radius 3 is 2.56 bits per heavy atom. The van der Waals surface area contributed by atoms with Gasteiger partial charge in [-0.15, -0.1) is 0 Å². The molecule has 0 saturated heterocycles. The number of hydrogen-bond donors (Lipinski definition) is 0. The summed E-state index contributed by atoms with van der Waals surface area (Å²) < 4.78 is 8.21. The van der Waals surface area contributed by atoms with Crippen molar-refractivity contribution in [2.24, 2.45) is 7.05 Å². The Morgan fingerprint density at radius 1 is 1.08 bits per heavy atom. The van der Waals surface area contributed by atoms with Gasteiger partial charge in [0, 0.05) is 22.9 Å². The number of aryl methyl sites for hydroxylation is 2. The average Bonchev–Trinajstić information content (AvgIpc) is 3.00. The summed E-state index contributed by atoms with van der Waals surface area (Å²) in [7, 11) is 1.99. The molecule has 2 aromatic carbocycles. The Bertz CT molecular complexity index is 1240. The van der Waals surface area contributed by atoms with Gasteiger partial charge in [-0.3, -0.25) is 0 Å². The Labute approximate surface area is 145 Å². The van der Waals surface area contributed by atoms with Crippen molar-refractivity contribution in [3.05, 3.63) is 71.2 Å². The van der Waals surface area contributed by atoms with E-state index in [1.54, 1.807) is 6.07 Å². The number of benzene rings is 2. The second kappa shape index (κ2) is 5.47. The van der Waals surface area contributed by atoms with Crippen molar-refractivity contribution < 1.29 is 8.98 Å². The topological polar surface area (TPSA) is 45.2 Å². The fraction of sp³-hybridized carbons (Fsp3) is 0.0952. The van der Waals surface area contributed by atoms with Gasteiger partial charge >= 0.3 is 0 Å². The van der Waals surface area contributed by atoms with E-state index in [4.69, 9.17) is 11.0 Å². The maximum atomic E-state index is 9.50. The zero-order chi connectivity index (χ0) is 17.6. The third-order valence-electron chi connectivity index (χ3n) is 4.54. The minimum atomic E-state index is 0.296. The van der Waals surface area contributed by atoms with E-state index in [9.17, 15) is 5.26 Å². The van der Waals surface area contributed by atoms with Crippen molar-refractivity contribution in [3.63, 3.8) is 0 Å². The Balaban J connectivity index is 2.20. The van der Waals surface area contributed by atoms with Gasteiger partial charge in [-0.1, -0.05) is 24.3 Å². The highest BCUT2D eigenvalue weighted by Crippen LogP contribution is 2.39. The minimum Gasteiger partial charge on any atom is -0.455 e. The first-order valence-corrected chi connectivity index (χ1v) is 7.87. The first-order valence-electron chi connectivity index (χ1n) is 7.87. The van der Waals surface area contributed by atoms with Gasteiger partial charge in [0.1, 0.15) is 23.8 Å². The van der Waals surface area contributed by atoms with Crippen LogP contribution in [0, 0.1) is 24.8 Å². The standard InChI is InChI=1S/C21H14N3O/c1-13-7-8-15-14-9-10-17(23-2)16(12-22)20(14)25-21(15)19(13)18-6-4-5-11-24(18)3/h4-11H,1,3H3/q+1. The van der Waals surface area contributed by atoms with Crippen LogP contribution in [0.2, 0.25) is 0 Å². The number of pyridine rings is 1. The number of rotatable bonds is 1. The molecule has 0 saturated carbocycles. The molecule has 4 aromatic rings. The van der Waals surface area contributed by atoms with Crippen molar-refractivity contribution in [3.8, 4) is 17.3 Å². The second-order valence-electron chi connectivity index (χ2n) is 5.99. The molecule has 0 spiro atoms. The molecule has 25 heavy (non-hydrogen) atoms. The van der Waals surface area contributed by atoms with Crippen LogP contribution in [0.4, 0.5) is 5.69 Å². The SMILES string of the molecule is [C-]#[N+]c1ccc2c(oc3c(-c4cccc[n+]4C)c(C)ccc32)c1C#N. The molecule has 0 amide bonds. The Hall–Kier alpha value is -3.63. The van der Waals surface area contributed by atoms with Crippen LogP contribution in [0.15, 0.2) is 53.1 Å². The molecule has 0 fully saturated rings. The highest BCUT2D eigenvalue weighted by atomic mass is 16.3. The highest BCUT2D eigenvalue weighted by Gasteiger charge is 2.21. The summed E-state index contributed by atoms with van der Waals surface area (Å²) in [6.45, 7) is 9.31. The fourth-order valence-electron chi connectivity index (χ4n) is 3.29. The summed E-state index contributed by atoms with van der Waals surface area (Å²) in [6, 6.07) is 15.8. The fourth-order valence-corrected chi connectivity index (χ4v) is 3.29. The first-order chi connectivity index (χ1) is 12.2. The largest absolute Gasteiger partial charge is 0.455 e. The molecular weight excluding hydrogens is 310 g/mol. The summed E-state index contributed by atoms with van der Waals surface area (Å²) in [5.41, 5.74) is 4.98. The quantitative estimate of drug-likeness (QED) is 0.372. The van der Waals surface area contributed by atoms with Gasteiger partial charge in [-0.05, 0) is 18.6 Å². The van der Waals surface area contributed by atoms with E-state index in [1.807, 2.05) is 55.1 Å². The molecule has 118 valence electrons. The number of nitriles is 1. The van der Waals surface area contributed by atoms with Gasteiger partial charge in [0.25, 0.3) is 0 Å². The van der Waals surface area contributed by atoms with Gasteiger partial charge in [0.05, 0.1) is 18.2 Å². The molecule has 0 aliphatic carbocycles. The van der Waals surface area contributed by atoms with Crippen LogP contribution in [0.5, 0.6) is 0 Å². The molecule has 4 heteroatoms. The van der Waals surface area contributed by atoms with E-state index >= 15 is 0 Å². The van der Waals surface area contributed by atoms with Crippen LogP contribution in [0.25, 0.3) is 38.0 Å². The lowest BCUT2D eigenvalue weighted by atomic mass is 10.00. The van der Waals surface area contributed by atoms with Crippen LogP contribution in [0.1, 0.15) is 11.1 Å². The van der Waals surface area contributed by atoms with Crippen molar-refractivity contribution >= 4 is 27.6 Å². The number of fused-ring (bicyclic) bond motifs is 3. The van der Waals surface area contributed by atoms with Crippen molar-refractivity contribution in [2.45, 2.75) is 6.92 Å². The molecular formula is C21H14N3O+. The van der Waals surface area contributed by atoms with Crippen LogP contribution >= 0.6 is 0 Å². The maximum absolute atomic E-state index is 9.50. The molecule has 0 aliphatic heterocycles. The van der Waals surface area contributed by atoms with Crippen molar-refractivity contribution in [1.82, 2.24) is 0 Å². The number of nitrogens with zero attached hydrogens (tertiary/aromatic N) is 3. The molecule has 0 bridgehead atoms. The monoisotopic (exact) mass is 324 g/mol. The number of aromatic nitrogens is 1. The molecule has 0 aliphatic rings. The van der Waals surface area contributed by atoms with Gasteiger partial charge in [0.15, 0.2) is 6.20 Å². The third-order valence-corrected chi connectivity index (χ3v) is 4.54. The third kappa shape index (κ3) is 2.09. The van der Waals surface area contributed by atoms with Crippen molar-refractivity contribution in [2.75, 3.05) is 0 Å². The van der Waals surface area contributed by atoms with Crippen LogP contribution in [0.3, 0.4) is 0 Å². The van der Waals surface area contributed by atoms with E-state index in [1.165, 1.54) is 0 Å². The van der Waals surface area contributed by atoms with Gasteiger partial charge < -0.3 is 4.42 Å². The van der Waals surface area contributed by atoms with E-state index in [-0.39, 0.29) is 0 Å². The van der Waals surface area contributed by atoms with Gasteiger partial charge in [0.2, 0.25) is 11.4 Å². The van der Waals surface area contributed by atoms with Crippen molar-refractivity contribution in [1.29, 1.82) is 5.26 Å². The lowest BCUT2D eigenvalue weighted by Crippen LogP contribution is -2.30. The summed E-state index contributed by atoms with van der Waals surface area (Å²) in [5.74, 6) is 0. The maximum Gasteiger partial charge on any atom is 0.216 e. The lowest BCUT2D eigenvalue weighted by molar-refractivity contribution is -0.660. The van der Waals surface area contributed by atoms with Gasteiger partial charge in [-0.25, -0.2) is 9.41 Å². The Morgan fingerprint density at radius 2 is 1.84 bits per heavy atom. The minimum absolute atomic E-state index is 0.296. The zero-order valence-corrected chi connectivity index (χ0v) is 13.9. The molecule has 0 unspecified atom stereocenters. The second-order valence-corrected chi connectivity index (χ2v) is 5.99. The molecule has 0 radical (unpaired) electrons. The first kappa shape index (κ1) is 14.9. The smallest absolute Gasteiger partial charge is 0.216 e. The normalized spacial score (nSPS) is 10.7. The molecule has 4 nitrogen and oxygen atoms in total. The van der Waals surface area contributed by atoms with E-state index in [0.717, 1.165) is 33.2 Å². The molecule has 2 aromatic heterocycles. The van der Waals surface area contributed by atoms with Crippen LogP contribution in [-0.2, 0) is 7.05 Å². The zero-order valence-electron chi connectivity index (χ0n) is 13.9. The van der Waals surface area contributed by atoms with Crippen LogP contribution in [-0.4, -0.2) is 0 Å². The van der Waals surface area contributed by atoms with E-state index in [0.29, 0.717) is 16.8 Å². The Kier molecular flexibility index (Phi) is 3.27. The molecule has 0 N–H and O–H groups in total. The summed E-state index contributed by atoms with van der Waals surface area (Å²) in [5, 5.41) is 11.3. The average molecular weight is 324 g/mol. The van der Waals surface area contributed by atoms with Gasteiger partial charge in [-0.2, -0.15) is 5.26 Å².